The topological polar surface area (TPSA) is 63.2 Å². The third-order valence-corrected chi connectivity index (χ3v) is 5.01. The van der Waals surface area contributed by atoms with Gasteiger partial charge in [0.25, 0.3) is 0 Å². The van der Waals surface area contributed by atoms with Crippen molar-refractivity contribution in [2.75, 3.05) is 11.6 Å². The number of ketones is 1. The van der Waals surface area contributed by atoms with Gasteiger partial charge in [0.1, 0.15) is 0 Å². The summed E-state index contributed by atoms with van der Waals surface area (Å²) in [5, 5.41) is 4.04. The molecule has 0 aliphatic rings. The van der Waals surface area contributed by atoms with Gasteiger partial charge < -0.3 is 5.32 Å². The summed E-state index contributed by atoms with van der Waals surface area (Å²) in [7, 11) is -3.43. The number of carbonyl (C=O) groups excluding carboxylic acids is 1. The smallest absolute Gasteiger partial charge is 0.177 e. The zero-order chi connectivity index (χ0) is 17.2. The van der Waals surface area contributed by atoms with Crippen LogP contribution in [0.15, 0.2) is 41.3 Å². The van der Waals surface area contributed by atoms with Gasteiger partial charge in [-0.25, -0.2) is 8.42 Å². The third-order valence-electron chi connectivity index (χ3n) is 3.27. The molecule has 0 aliphatic carbocycles. The molecule has 122 valence electrons. The SMILES string of the molecule is CC(=O)c1ccc(S(C)(=O)=O)c(NCc2ccc(Cl)cc2Cl)c1. The molecule has 0 aliphatic heterocycles. The Balaban J connectivity index is 2.37. The van der Waals surface area contributed by atoms with E-state index in [1.165, 1.54) is 25.1 Å². The number of anilines is 1. The second-order valence-electron chi connectivity index (χ2n) is 5.13. The standard InChI is InChI=1S/C16H15Cl2NO3S/c1-10(20)11-4-6-16(23(2,21)22)15(7-11)19-9-12-3-5-13(17)8-14(12)18/h3-8,19H,9H2,1-2H3. The van der Waals surface area contributed by atoms with Gasteiger partial charge in [-0.1, -0.05) is 29.3 Å². The maximum absolute atomic E-state index is 11.9. The van der Waals surface area contributed by atoms with Crippen molar-refractivity contribution >= 4 is 44.5 Å². The average Bonchev–Trinajstić information content (AvgIpc) is 2.45. The molecule has 0 radical (unpaired) electrons. The lowest BCUT2D eigenvalue weighted by atomic mass is 10.1. The molecule has 0 saturated heterocycles. The Morgan fingerprint density at radius 2 is 1.83 bits per heavy atom. The molecule has 23 heavy (non-hydrogen) atoms. The molecule has 0 amide bonds. The van der Waals surface area contributed by atoms with Gasteiger partial charge >= 0.3 is 0 Å². The van der Waals surface area contributed by atoms with Crippen molar-refractivity contribution in [2.45, 2.75) is 18.4 Å². The maximum Gasteiger partial charge on any atom is 0.177 e. The quantitative estimate of drug-likeness (QED) is 0.799. The van der Waals surface area contributed by atoms with Crippen LogP contribution in [0.3, 0.4) is 0 Å². The van der Waals surface area contributed by atoms with E-state index in [1.807, 2.05) is 0 Å². The van der Waals surface area contributed by atoms with Crippen molar-refractivity contribution < 1.29 is 13.2 Å². The van der Waals surface area contributed by atoms with Gasteiger partial charge in [0, 0.05) is 28.4 Å². The van der Waals surface area contributed by atoms with Crippen LogP contribution in [0.5, 0.6) is 0 Å². The van der Waals surface area contributed by atoms with Crippen LogP contribution in [-0.4, -0.2) is 20.5 Å². The first kappa shape index (κ1) is 17.8. The summed E-state index contributed by atoms with van der Waals surface area (Å²) in [6, 6.07) is 9.53. The van der Waals surface area contributed by atoms with Crippen LogP contribution in [-0.2, 0) is 16.4 Å². The molecule has 7 heteroatoms. The molecule has 0 atom stereocenters. The lowest BCUT2D eigenvalue weighted by Crippen LogP contribution is -2.08. The van der Waals surface area contributed by atoms with Crippen LogP contribution in [0.4, 0.5) is 5.69 Å². The highest BCUT2D eigenvalue weighted by Gasteiger charge is 2.15. The fourth-order valence-corrected chi connectivity index (χ4v) is 3.39. The molecule has 2 rings (SSSR count). The van der Waals surface area contributed by atoms with E-state index in [1.54, 1.807) is 18.2 Å². The van der Waals surface area contributed by atoms with Crippen LogP contribution >= 0.6 is 23.2 Å². The number of sulfone groups is 1. The summed E-state index contributed by atoms with van der Waals surface area (Å²) >= 11 is 12.0. The minimum absolute atomic E-state index is 0.132. The number of hydrogen-bond acceptors (Lipinski definition) is 4. The first-order valence-corrected chi connectivity index (χ1v) is 9.36. The molecular formula is C16H15Cl2NO3S. The molecule has 4 nitrogen and oxygen atoms in total. The van der Waals surface area contributed by atoms with Gasteiger partial charge in [0.05, 0.1) is 10.6 Å². The molecular weight excluding hydrogens is 357 g/mol. The van der Waals surface area contributed by atoms with E-state index < -0.39 is 9.84 Å². The first-order chi connectivity index (χ1) is 10.7. The Labute approximate surface area is 145 Å². The molecule has 0 saturated carbocycles. The van der Waals surface area contributed by atoms with Crippen LogP contribution in [0, 0.1) is 0 Å². The van der Waals surface area contributed by atoms with E-state index in [9.17, 15) is 13.2 Å². The monoisotopic (exact) mass is 371 g/mol. The van der Waals surface area contributed by atoms with Gasteiger partial charge in [0.15, 0.2) is 15.6 Å². The number of hydrogen-bond donors (Lipinski definition) is 1. The van der Waals surface area contributed by atoms with E-state index in [0.29, 0.717) is 27.8 Å². The molecule has 0 spiro atoms. The van der Waals surface area contributed by atoms with Gasteiger partial charge in [-0.2, -0.15) is 0 Å². The Bertz CT molecular complexity index is 864. The minimum Gasteiger partial charge on any atom is -0.380 e. The molecule has 2 aromatic carbocycles. The van der Waals surface area contributed by atoms with Crippen LogP contribution in [0.25, 0.3) is 0 Å². The van der Waals surface area contributed by atoms with Crippen LogP contribution in [0.1, 0.15) is 22.8 Å². The maximum atomic E-state index is 11.9. The zero-order valence-electron chi connectivity index (χ0n) is 12.6. The summed E-state index contributed by atoms with van der Waals surface area (Å²) in [6.45, 7) is 1.73. The van der Waals surface area contributed by atoms with Crippen LogP contribution in [0.2, 0.25) is 10.0 Å². The number of benzene rings is 2. The summed E-state index contributed by atoms with van der Waals surface area (Å²) in [4.78, 5) is 11.6. The molecule has 0 aromatic heterocycles. The summed E-state index contributed by atoms with van der Waals surface area (Å²) in [6.07, 6.45) is 1.12. The Hall–Kier alpha value is -1.56. The first-order valence-electron chi connectivity index (χ1n) is 6.71. The van der Waals surface area contributed by atoms with E-state index in [0.717, 1.165) is 11.8 Å². The highest BCUT2D eigenvalue weighted by Crippen LogP contribution is 2.26. The largest absolute Gasteiger partial charge is 0.380 e. The normalized spacial score (nSPS) is 11.3. The zero-order valence-corrected chi connectivity index (χ0v) is 14.9. The molecule has 1 N–H and O–H groups in total. The number of rotatable bonds is 5. The van der Waals surface area contributed by atoms with E-state index >= 15 is 0 Å². The second-order valence-corrected chi connectivity index (χ2v) is 7.96. The number of Topliss-reactive ketones (excluding diaryl/α,β-unsaturated/α-hetero) is 1. The minimum atomic E-state index is -3.43. The van der Waals surface area contributed by atoms with Crippen LogP contribution < -0.4 is 5.32 Å². The molecule has 0 bridgehead atoms. The number of halogens is 2. The second kappa shape index (κ2) is 6.91. The van der Waals surface area contributed by atoms with Gasteiger partial charge in [-0.15, -0.1) is 0 Å². The fourth-order valence-electron chi connectivity index (χ4n) is 2.07. The van der Waals surface area contributed by atoms with E-state index in [-0.39, 0.29) is 10.7 Å². The molecule has 0 heterocycles. The predicted molar refractivity (Wildman–Crippen MR) is 93.3 cm³/mol. The summed E-state index contributed by atoms with van der Waals surface area (Å²) < 4.78 is 23.8. The lowest BCUT2D eigenvalue weighted by Gasteiger charge is -2.13. The van der Waals surface area contributed by atoms with Crippen molar-refractivity contribution in [3.63, 3.8) is 0 Å². The van der Waals surface area contributed by atoms with Gasteiger partial charge in [0.2, 0.25) is 0 Å². The molecule has 0 fully saturated rings. The highest BCUT2D eigenvalue weighted by atomic mass is 35.5. The molecule has 0 unspecified atom stereocenters. The Kier molecular flexibility index (Phi) is 5.34. The Morgan fingerprint density at radius 3 is 2.39 bits per heavy atom. The summed E-state index contributed by atoms with van der Waals surface area (Å²) in [5.41, 5.74) is 1.57. The van der Waals surface area contributed by atoms with Gasteiger partial charge in [-0.05, 0) is 42.8 Å². The Morgan fingerprint density at radius 1 is 1.13 bits per heavy atom. The van der Waals surface area contributed by atoms with Crippen molar-refractivity contribution in [1.29, 1.82) is 0 Å². The highest BCUT2D eigenvalue weighted by molar-refractivity contribution is 7.90. The lowest BCUT2D eigenvalue weighted by molar-refractivity contribution is 0.101. The third kappa shape index (κ3) is 4.47. The van der Waals surface area contributed by atoms with E-state index in [2.05, 4.69) is 5.32 Å². The molecule has 2 aromatic rings. The van der Waals surface area contributed by atoms with Crippen molar-refractivity contribution in [1.82, 2.24) is 0 Å². The van der Waals surface area contributed by atoms with Crippen molar-refractivity contribution in [3.05, 3.63) is 57.6 Å². The number of nitrogens with one attached hydrogen (secondary N) is 1. The van der Waals surface area contributed by atoms with Crippen molar-refractivity contribution in [3.8, 4) is 0 Å². The predicted octanol–water partition coefficient (Wildman–Crippen LogP) is 4.21. The summed E-state index contributed by atoms with van der Waals surface area (Å²) in [5.74, 6) is -0.141. The average molecular weight is 372 g/mol. The number of carbonyl (C=O) groups is 1. The van der Waals surface area contributed by atoms with Crippen molar-refractivity contribution in [2.24, 2.45) is 0 Å². The fraction of sp³-hybridized carbons (Fsp3) is 0.188. The van der Waals surface area contributed by atoms with Gasteiger partial charge in [-0.3, -0.25) is 4.79 Å². The van der Waals surface area contributed by atoms with E-state index in [4.69, 9.17) is 23.2 Å².